The Balaban J connectivity index is 3.03. The predicted molar refractivity (Wildman–Crippen MR) is 53.0 cm³/mol. The third kappa shape index (κ3) is 1.08. The van der Waals surface area contributed by atoms with Crippen molar-refractivity contribution in [2.45, 2.75) is 13.8 Å². The minimum absolute atomic E-state index is 0.0521. The summed E-state index contributed by atoms with van der Waals surface area (Å²) in [6.45, 7) is 4.04. The Morgan fingerprint density at radius 3 is 2.69 bits per heavy atom. The number of nitrogens with zero attached hydrogens (tertiary/aromatic N) is 1. The number of fused-ring (bicyclic) bond motifs is 1. The van der Waals surface area contributed by atoms with Gasteiger partial charge in [0.15, 0.2) is 0 Å². The van der Waals surface area contributed by atoms with E-state index in [-0.39, 0.29) is 5.69 Å². The minimum atomic E-state index is -0.0521. The molecule has 0 fully saturated rings. The van der Waals surface area contributed by atoms with Gasteiger partial charge in [0.1, 0.15) is 0 Å². The summed E-state index contributed by atoms with van der Waals surface area (Å²) in [5.74, 6) is 0. The van der Waals surface area contributed by atoms with E-state index < -0.39 is 0 Å². The van der Waals surface area contributed by atoms with Crippen molar-refractivity contribution in [2.75, 3.05) is 0 Å². The molecule has 0 aliphatic heterocycles. The van der Waals surface area contributed by atoms with Crippen molar-refractivity contribution < 1.29 is 0 Å². The zero-order valence-corrected chi connectivity index (χ0v) is 8.01. The molecule has 0 aliphatic rings. The Bertz CT molecular complexity index is 519. The van der Waals surface area contributed by atoms with Crippen LogP contribution in [-0.2, 0) is 7.05 Å². The normalized spacial score (nSPS) is 11.0. The van der Waals surface area contributed by atoms with Crippen LogP contribution in [0.25, 0.3) is 11.0 Å². The smallest absolute Gasteiger partial charge is 0.306 e. The molecule has 3 heteroatoms. The molecule has 2 aromatic rings. The fourth-order valence-corrected chi connectivity index (χ4v) is 1.80. The summed E-state index contributed by atoms with van der Waals surface area (Å²) in [7, 11) is 1.78. The maximum Gasteiger partial charge on any atom is 0.326 e. The number of hydrogen-bond donors (Lipinski definition) is 1. The van der Waals surface area contributed by atoms with Gasteiger partial charge in [0, 0.05) is 7.05 Å². The second kappa shape index (κ2) is 2.49. The Kier molecular flexibility index (Phi) is 1.55. The molecule has 0 bridgehead atoms. The van der Waals surface area contributed by atoms with Crippen LogP contribution in [-0.4, -0.2) is 9.55 Å². The fraction of sp³-hybridized carbons (Fsp3) is 0.300. The molecule has 3 nitrogen and oxygen atoms in total. The maximum atomic E-state index is 11.3. The van der Waals surface area contributed by atoms with E-state index in [1.807, 2.05) is 19.9 Å². The lowest BCUT2D eigenvalue weighted by Crippen LogP contribution is -2.12. The zero-order chi connectivity index (χ0) is 9.59. The molecule has 2 rings (SSSR count). The van der Waals surface area contributed by atoms with Gasteiger partial charge in [-0.25, -0.2) is 4.79 Å². The number of H-pyrrole nitrogens is 1. The van der Waals surface area contributed by atoms with E-state index in [2.05, 4.69) is 11.1 Å². The highest BCUT2D eigenvalue weighted by molar-refractivity contribution is 5.79. The molecule has 13 heavy (non-hydrogen) atoms. The van der Waals surface area contributed by atoms with E-state index in [0.717, 1.165) is 16.6 Å². The van der Waals surface area contributed by atoms with E-state index >= 15 is 0 Å². The Hall–Kier alpha value is -1.51. The summed E-state index contributed by atoms with van der Waals surface area (Å²) in [6.07, 6.45) is 0. The molecule has 1 heterocycles. The highest BCUT2D eigenvalue weighted by Crippen LogP contribution is 2.16. The Morgan fingerprint density at radius 1 is 1.31 bits per heavy atom. The third-order valence-corrected chi connectivity index (χ3v) is 2.33. The van der Waals surface area contributed by atoms with Crippen molar-refractivity contribution in [3.05, 3.63) is 33.7 Å². The van der Waals surface area contributed by atoms with Crippen molar-refractivity contribution in [1.82, 2.24) is 9.55 Å². The average molecular weight is 176 g/mol. The molecule has 0 amide bonds. The van der Waals surface area contributed by atoms with Gasteiger partial charge in [0.05, 0.1) is 11.0 Å². The molecule has 0 spiro atoms. The average Bonchev–Trinajstić information content (AvgIpc) is 2.27. The highest BCUT2D eigenvalue weighted by atomic mass is 16.1. The summed E-state index contributed by atoms with van der Waals surface area (Å²) in [5.41, 5.74) is 4.17. The van der Waals surface area contributed by atoms with Crippen LogP contribution >= 0.6 is 0 Å². The van der Waals surface area contributed by atoms with Crippen molar-refractivity contribution in [2.24, 2.45) is 7.05 Å². The van der Waals surface area contributed by atoms with E-state index in [4.69, 9.17) is 0 Å². The van der Waals surface area contributed by atoms with Crippen LogP contribution in [0.15, 0.2) is 16.9 Å². The first kappa shape index (κ1) is 8.10. The zero-order valence-electron chi connectivity index (χ0n) is 8.01. The lowest BCUT2D eigenvalue weighted by Gasteiger charge is -2.00. The standard InChI is InChI=1S/C10H12N2O/c1-6-4-7(2)9-8(5-6)11-10(13)12(9)3/h4-5H,1-3H3,(H,11,13). The first-order valence-corrected chi connectivity index (χ1v) is 4.25. The van der Waals surface area contributed by atoms with Crippen molar-refractivity contribution in [3.8, 4) is 0 Å². The number of hydrogen-bond acceptors (Lipinski definition) is 1. The number of rotatable bonds is 0. The van der Waals surface area contributed by atoms with Crippen LogP contribution in [0, 0.1) is 13.8 Å². The lowest BCUT2D eigenvalue weighted by atomic mass is 10.1. The van der Waals surface area contributed by atoms with Crippen LogP contribution in [0.3, 0.4) is 0 Å². The van der Waals surface area contributed by atoms with Gasteiger partial charge < -0.3 is 4.98 Å². The topological polar surface area (TPSA) is 37.8 Å². The summed E-state index contributed by atoms with van der Waals surface area (Å²) >= 11 is 0. The van der Waals surface area contributed by atoms with Crippen molar-refractivity contribution in [3.63, 3.8) is 0 Å². The highest BCUT2D eigenvalue weighted by Gasteiger charge is 2.05. The van der Waals surface area contributed by atoms with Crippen molar-refractivity contribution in [1.29, 1.82) is 0 Å². The number of aryl methyl sites for hydroxylation is 3. The number of imidazole rings is 1. The largest absolute Gasteiger partial charge is 0.326 e. The SMILES string of the molecule is Cc1cc(C)c2c(c1)[nH]c(=O)n2C. The van der Waals surface area contributed by atoms with Gasteiger partial charge in [0.2, 0.25) is 0 Å². The molecule has 1 N–H and O–H groups in total. The summed E-state index contributed by atoms with van der Waals surface area (Å²) in [4.78, 5) is 14.1. The van der Waals surface area contributed by atoms with Gasteiger partial charge >= 0.3 is 5.69 Å². The van der Waals surface area contributed by atoms with Gasteiger partial charge in [-0.15, -0.1) is 0 Å². The van der Waals surface area contributed by atoms with Gasteiger partial charge in [-0.3, -0.25) is 4.57 Å². The summed E-state index contributed by atoms with van der Waals surface area (Å²) in [6, 6.07) is 4.07. The van der Waals surface area contributed by atoms with Crippen LogP contribution in [0.2, 0.25) is 0 Å². The Labute approximate surface area is 76.0 Å². The number of aromatic amines is 1. The third-order valence-electron chi connectivity index (χ3n) is 2.33. The van der Waals surface area contributed by atoms with Gasteiger partial charge in [-0.2, -0.15) is 0 Å². The first-order valence-electron chi connectivity index (χ1n) is 4.25. The maximum absolute atomic E-state index is 11.3. The lowest BCUT2D eigenvalue weighted by molar-refractivity contribution is 0.888. The van der Waals surface area contributed by atoms with E-state index in [1.54, 1.807) is 11.6 Å². The van der Waals surface area contributed by atoms with Crippen LogP contribution < -0.4 is 5.69 Å². The van der Waals surface area contributed by atoms with Gasteiger partial charge in [-0.05, 0) is 31.0 Å². The molecule has 0 saturated heterocycles. The fourth-order valence-electron chi connectivity index (χ4n) is 1.80. The minimum Gasteiger partial charge on any atom is -0.306 e. The van der Waals surface area contributed by atoms with Gasteiger partial charge in [0.25, 0.3) is 0 Å². The van der Waals surface area contributed by atoms with E-state index in [1.165, 1.54) is 5.56 Å². The van der Waals surface area contributed by atoms with Crippen LogP contribution in [0.1, 0.15) is 11.1 Å². The molecule has 0 saturated carbocycles. The van der Waals surface area contributed by atoms with Crippen LogP contribution in [0.5, 0.6) is 0 Å². The molecular formula is C10H12N2O. The molecule has 0 atom stereocenters. The quantitative estimate of drug-likeness (QED) is 0.648. The summed E-state index contributed by atoms with van der Waals surface area (Å²) in [5, 5.41) is 0. The molecule has 0 unspecified atom stereocenters. The molecule has 1 aromatic carbocycles. The molecule has 0 aliphatic carbocycles. The van der Waals surface area contributed by atoms with Crippen molar-refractivity contribution >= 4 is 11.0 Å². The number of nitrogens with one attached hydrogen (secondary N) is 1. The van der Waals surface area contributed by atoms with Crippen LogP contribution in [0.4, 0.5) is 0 Å². The number of benzene rings is 1. The molecular weight excluding hydrogens is 164 g/mol. The summed E-state index contributed by atoms with van der Waals surface area (Å²) < 4.78 is 1.64. The Morgan fingerprint density at radius 2 is 2.00 bits per heavy atom. The first-order chi connectivity index (χ1) is 6.09. The van der Waals surface area contributed by atoms with E-state index in [0.29, 0.717) is 0 Å². The molecule has 1 aromatic heterocycles. The number of aromatic nitrogens is 2. The molecule has 68 valence electrons. The van der Waals surface area contributed by atoms with E-state index in [9.17, 15) is 4.79 Å². The molecule has 0 radical (unpaired) electrons. The van der Waals surface area contributed by atoms with Gasteiger partial charge in [-0.1, -0.05) is 6.07 Å². The monoisotopic (exact) mass is 176 g/mol. The second-order valence-corrected chi connectivity index (χ2v) is 3.47. The predicted octanol–water partition coefficient (Wildman–Crippen LogP) is 1.48. The second-order valence-electron chi connectivity index (χ2n) is 3.47.